The molecular formula is C16H24F3N. The van der Waals surface area contributed by atoms with Gasteiger partial charge >= 0.3 is 0 Å². The van der Waals surface area contributed by atoms with E-state index >= 15 is 0 Å². The lowest BCUT2D eigenvalue weighted by Gasteiger charge is -2.24. The van der Waals surface area contributed by atoms with Gasteiger partial charge < -0.3 is 5.32 Å². The van der Waals surface area contributed by atoms with Crippen molar-refractivity contribution in [1.82, 2.24) is 5.32 Å². The minimum absolute atomic E-state index is 0.0354. The molecule has 0 amide bonds. The SMILES string of the molecule is CCCNC(CC(CC)CC)c1c(F)cc(F)cc1F. The molecule has 1 N–H and O–H groups in total. The second kappa shape index (κ2) is 8.30. The van der Waals surface area contributed by atoms with Crippen LogP contribution in [0.4, 0.5) is 13.2 Å². The lowest BCUT2D eigenvalue weighted by Crippen LogP contribution is -2.26. The van der Waals surface area contributed by atoms with Crippen LogP contribution in [0.3, 0.4) is 0 Å². The Kier molecular flexibility index (Phi) is 7.06. The van der Waals surface area contributed by atoms with E-state index in [1.807, 2.05) is 6.92 Å². The highest BCUT2D eigenvalue weighted by molar-refractivity contribution is 5.24. The van der Waals surface area contributed by atoms with Gasteiger partial charge in [0.1, 0.15) is 17.5 Å². The maximum Gasteiger partial charge on any atom is 0.133 e. The molecule has 0 radical (unpaired) electrons. The summed E-state index contributed by atoms with van der Waals surface area (Å²) in [5.74, 6) is -2.09. The third-order valence-corrected chi connectivity index (χ3v) is 3.76. The lowest BCUT2D eigenvalue weighted by atomic mass is 9.90. The molecule has 20 heavy (non-hydrogen) atoms. The molecule has 0 saturated heterocycles. The monoisotopic (exact) mass is 287 g/mol. The molecule has 1 atom stereocenters. The molecule has 0 aliphatic heterocycles. The molecule has 0 aliphatic carbocycles. The van der Waals surface area contributed by atoms with E-state index in [0.717, 1.165) is 31.4 Å². The number of rotatable bonds is 8. The van der Waals surface area contributed by atoms with Gasteiger partial charge in [0.25, 0.3) is 0 Å². The van der Waals surface area contributed by atoms with Crippen molar-refractivity contribution in [3.63, 3.8) is 0 Å². The van der Waals surface area contributed by atoms with Crippen LogP contribution >= 0.6 is 0 Å². The van der Waals surface area contributed by atoms with Crippen LogP contribution in [-0.2, 0) is 0 Å². The van der Waals surface area contributed by atoms with E-state index in [9.17, 15) is 13.2 Å². The molecule has 0 spiro atoms. The second-order valence-electron chi connectivity index (χ2n) is 5.21. The maximum atomic E-state index is 13.9. The number of nitrogens with one attached hydrogen (secondary N) is 1. The van der Waals surface area contributed by atoms with Crippen molar-refractivity contribution in [1.29, 1.82) is 0 Å². The molecule has 0 aromatic heterocycles. The summed E-state index contributed by atoms with van der Waals surface area (Å²) in [6.45, 7) is 6.82. The number of hydrogen-bond donors (Lipinski definition) is 1. The summed E-state index contributed by atoms with van der Waals surface area (Å²) in [7, 11) is 0. The molecule has 1 aromatic rings. The highest BCUT2D eigenvalue weighted by atomic mass is 19.1. The Morgan fingerprint density at radius 2 is 1.55 bits per heavy atom. The molecule has 1 aromatic carbocycles. The van der Waals surface area contributed by atoms with E-state index < -0.39 is 23.5 Å². The quantitative estimate of drug-likeness (QED) is 0.711. The highest BCUT2D eigenvalue weighted by Gasteiger charge is 2.23. The minimum Gasteiger partial charge on any atom is -0.310 e. The topological polar surface area (TPSA) is 12.0 Å². The summed E-state index contributed by atoms with van der Waals surface area (Å²) >= 11 is 0. The molecule has 0 saturated carbocycles. The first kappa shape index (κ1) is 17.0. The molecule has 0 aliphatic rings. The first-order valence-corrected chi connectivity index (χ1v) is 7.41. The van der Waals surface area contributed by atoms with Gasteiger partial charge in [-0.3, -0.25) is 0 Å². The summed E-state index contributed by atoms with van der Waals surface area (Å²) in [6, 6.07) is 1.11. The van der Waals surface area contributed by atoms with Crippen molar-refractivity contribution in [3.05, 3.63) is 35.1 Å². The summed E-state index contributed by atoms with van der Waals surface area (Å²) in [5, 5.41) is 3.18. The molecule has 0 bridgehead atoms. The smallest absolute Gasteiger partial charge is 0.133 e. The summed E-state index contributed by atoms with van der Waals surface area (Å²) in [6.07, 6.45) is 3.47. The minimum atomic E-state index is -0.875. The average Bonchev–Trinajstić information content (AvgIpc) is 2.40. The lowest BCUT2D eigenvalue weighted by molar-refractivity contribution is 0.353. The van der Waals surface area contributed by atoms with Crippen LogP contribution in [0.1, 0.15) is 58.1 Å². The van der Waals surface area contributed by atoms with Gasteiger partial charge in [0.2, 0.25) is 0 Å². The fourth-order valence-electron chi connectivity index (χ4n) is 2.46. The Morgan fingerprint density at radius 3 is 2.00 bits per heavy atom. The summed E-state index contributed by atoms with van der Waals surface area (Å²) < 4.78 is 40.9. The van der Waals surface area contributed by atoms with E-state index in [0.29, 0.717) is 18.9 Å². The molecule has 1 rings (SSSR count). The molecular weight excluding hydrogens is 263 g/mol. The first-order valence-electron chi connectivity index (χ1n) is 7.41. The van der Waals surface area contributed by atoms with Crippen molar-refractivity contribution >= 4 is 0 Å². The van der Waals surface area contributed by atoms with Gasteiger partial charge in [-0.15, -0.1) is 0 Å². The zero-order chi connectivity index (χ0) is 15.1. The van der Waals surface area contributed by atoms with E-state index in [1.165, 1.54) is 0 Å². The van der Waals surface area contributed by atoms with Gasteiger partial charge in [0, 0.05) is 23.7 Å². The molecule has 114 valence electrons. The van der Waals surface area contributed by atoms with Gasteiger partial charge in [0.15, 0.2) is 0 Å². The van der Waals surface area contributed by atoms with Gasteiger partial charge in [-0.1, -0.05) is 33.6 Å². The van der Waals surface area contributed by atoms with Crippen LogP contribution in [-0.4, -0.2) is 6.54 Å². The van der Waals surface area contributed by atoms with Crippen molar-refractivity contribution in [2.45, 2.75) is 52.5 Å². The van der Waals surface area contributed by atoms with Crippen molar-refractivity contribution in [3.8, 4) is 0 Å². The van der Waals surface area contributed by atoms with Crippen LogP contribution < -0.4 is 5.32 Å². The number of benzene rings is 1. The van der Waals surface area contributed by atoms with E-state index in [-0.39, 0.29) is 5.56 Å². The fourth-order valence-corrected chi connectivity index (χ4v) is 2.46. The van der Waals surface area contributed by atoms with Gasteiger partial charge in [-0.2, -0.15) is 0 Å². The Bertz CT molecular complexity index is 393. The molecule has 1 nitrogen and oxygen atoms in total. The standard InChI is InChI=1S/C16H24F3N/c1-4-7-20-15(8-11(5-2)6-3)16-13(18)9-12(17)10-14(16)19/h9-11,15,20H,4-8H2,1-3H3. The molecule has 0 fully saturated rings. The van der Waals surface area contributed by atoms with Crippen LogP contribution in [0.5, 0.6) is 0 Å². The Labute approximate surface area is 119 Å². The molecule has 1 unspecified atom stereocenters. The predicted molar refractivity (Wildman–Crippen MR) is 76.0 cm³/mol. The number of halogens is 3. The normalized spacial score (nSPS) is 12.9. The fraction of sp³-hybridized carbons (Fsp3) is 0.625. The zero-order valence-electron chi connectivity index (χ0n) is 12.5. The van der Waals surface area contributed by atoms with Crippen LogP contribution in [0.2, 0.25) is 0 Å². The third-order valence-electron chi connectivity index (χ3n) is 3.76. The Hall–Kier alpha value is -1.03. The van der Waals surface area contributed by atoms with Crippen LogP contribution in [0.15, 0.2) is 12.1 Å². The average molecular weight is 287 g/mol. The number of hydrogen-bond acceptors (Lipinski definition) is 1. The van der Waals surface area contributed by atoms with E-state index in [2.05, 4.69) is 19.2 Å². The molecule has 4 heteroatoms. The van der Waals surface area contributed by atoms with E-state index in [4.69, 9.17) is 0 Å². The zero-order valence-corrected chi connectivity index (χ0v) is 12.5. The maximum absolute atomic E-state index is 13.9. The van der Waals surface area contributed by atoms with Crippen molar-refractivity contribution in [2.24, 2.45) is 5.92 Å². The second-order valence-corrected chi connectivity index (χ2v) is 5.21. The van der Waals surface area contributed by atoms with Crippen molar-refractivity contribution in [2.75, 3.05) is 6.54 Å². The molecule has 0 heterocycles. The predicted octanol–water partition coefficient (Wildman–Crippen LogP) is 4.97. The summed E-state index contributed by atoms with van der Waals surface area (Å²) in [5.41, 5.74) is -0.0354. The Morgan fingerprint density at radius 1 is 1.00 bits per heavy atom. The largest absolute Gasteiger partial charge is 0.310 e. The highest BCUT2D eigenvalue weighted by Crippen LogP contribution is 2.29. The van der Waals surface area contributed by atoms with Gasteiger partial charge in [0.05, 0.1) is 0 Å². The van der Waals surface area contributed by atoms with Crippen LogP contribution in [0, 0.1) is 23.4 Å². The van der Waals surface area contributed by atoms with Crippen LogP contribution in [0.25, 0.3) is 0 Å². The summed E-state index contributed by atoms with van der Waals surface area (Å²) in [4.78, 5) is 0. The first-order chi connectivity index (χ1) is 9.53. The van der Waals surface area contributed by atoms with Gasteiger partial charge in [-0.05, 0) is 25.3 Å². The van der Waals surface area contributed by atoms with Crippen molar-refractivity contribution < 1.29 is 13.2 Å². The third kappa shape index (κ3) is 4.51. The Balaban J connectivity index is 3.03. The van der Waals surface area contributed by atoms with Gasteiger partial charge in [-0.25, -0.2) is 13.2 Å². The van der Waals surface area contributed by atoms with E-state index in [1.54, 1.807) is 0 Å².